The molecular weight excluding hydrogens is 539 g/mol. The van der Waals surface area contributed by atoms with E-state index in [1.54, 1.807) is 35.0 Å². The van der Waals surface area contributed by atoms with Crippen LogP contribution in [0.15, 0.2) is 59.0 Å². The lowest BCUT2D eigenvalue weighted by Crippen LogP contribution is -2.24. The fourth-order valence-electron chi connectivity index (χ4n) is 4.50. The van der Waals surface area contributed by atoms with Crippen LogP contribution in [0.1, 0.15) is 40.6 Å². The summed E-state index contributed by atoms with van der Waals surface area (Å²) in [6.07, 6.45) is 5.77. The third kappa shape index (κ3) is 5.34. The number of ether oxygens (including phenoxy) is 1. The summed E-state index contributed by atoms with van der Waals surface area (Å²) in [5.41, 5.74) is 2.33. The van der Waals surface area contributed by atoms with Crippen LogP contribution < -0.4 is 10.9 Å². The van der Waals surface area contributed by atoms with Crippen molar-refractivity contribution >= 4 is 61.5 Å². The highest BCUT2D eigenvalue weighted by atomic mass is 32.2. The average Bonchev–Trinajstić information content (AvgIpc) is 3.51. The minimum absolute atomic E-state index is 0.0288. The molecule has 0 bridgehead atoms. The van der Waals surface area contributed by atoms with E-state index in [1.807, 2.05) is 30.3 Å². The Kier molecular flexibility index (Phi) is 8.11. The van der Waals surface area contributed by atoms with Gasteiger partial charge < -0.3 is 10.1 Å². The lowest BCUT2D eigenvalue weighted by atomic mass is 9.97. The van der Waals surface area contributed by atoms with Crippen LogP contribution in [-0.4, -0.2) is 33.8 Å². The molecule has 1 aliphatic rings. The van der Waals surface area contributed by atoms with E-state index in [-0.39, 0.29) is 23.8 Å². The zero-order chi connectivity index (χ0) is 26.6. The highest BCUT2D eigenvalue weighted by molar-refractivity contribution is 7.99. The Morgan fingerprint density at radius 2 is 2.00 bits per heavy atom. The lowest BCUT2D eigenvalue weighted by Gasteiger charge is -2.12. The van der Waals surface area contributed by atoms with Crippen LogP contribution in [-0.2, 0) is 28.9 Å². The first kappa shape index (κ1) is 26.4. The summed E-state index contributed by atoms with van der Waals surface area (Å²) in [7, 11) is 0. The SMILES string of the molecule is C=CCn1c(SCC(=O)Nc2sc(-c3ccccc3)cc2C(=O)OCC)nc2sc3c(c2c1=O)CCCC3. The zero-order valence-electron chi connectivity index (χ0n) is 21.0. The van der Waals surface area contributed by atoms with Crippen LogP contribution in [0.5, 0.6) is 0 Å². The fraction of sp³-hybridized carbons (Fsp3) is 0.286. The van der Waals surface area contributed by atoms with Crippen molar-refractivity contribution in [3.05, 3.63) is 75.4 Å². The molecule has 4 aromatic rings. The number of aromatic nitrogens is 2. The number of nitrogens with one attached hydrogen (secondary N) is 1. The minimum Gasteiger partial charge on any atom is -0.462 e. The number of carbonyl (C=O) groups is 2. The van der Waals surface area contributed by atoms with Gasteiger partial charge in [0.2, 0.25) is 5.91 Å². The maximum atomic E-state index is 13.4. The molecule has 0 atom stereocenters. The standard InChI is InChI=1S/C28H27N3O4S3/c1-3-14-31-26(33)23-18-12-8-9-13-20(18)37-25(23)30-28(31)36-16-22(32)29-24-19(27(34)35-4-2)15-21(38-24)17-10-6-5-7-11-17/h3,5-7,10-11,15H,1,4,8-9,12-14,16H2,2H3,(H,29,32). The first-order valence-corrected chi connectivity index (χ1v) is 15.1. The molecule has 196 valence electrons. The fourth-order valence-corrected chi connectivity index (χ4v) is 7.68. The Balaban J connectivity index is 1.39. The van der Waals surface area contributed by atoms with Gasteiger partial charge in [-0.05, 0) is 49.8 Å². The minimum atomic E-state index is -0.484. The maximum Gasteiger partial charge on any atom is 0.341 e. The van der Waals surface area contributed by atoms with Crippen molar-refractivity contribution in [2.45, 2.75) is 44.3 Å². The van der Waals surface area contributed by atoms with Crippen LogP contribution in [0.25, 0.3) is 20.7 Å². The van der Waals surface area contributed by atoms with Gasteiger partial charge in [0.25, 0.3) is 5.56 Å². The third-order valence-electron chi connectivity index (χ3n) is 6.22. The third-order valence-corrected chi connectivity index (χ3v) is 9.48. The summed E-state index contributed by atoms with van der Waals surface area (Å²) >= 11 is 4.12. The summed E-state index contributed by atoms with van der Waals surface area (Å²) in [5, 5.41) is 4.51. The van der Waals surface area contributed by atoms with Gasteiger partial charge in [-0.25, -0.2) is 9.78 Å². The molecule has 0 saturated heterocycles. The molecule has 1 aliphatic carbocycles. The van der Waals surface area contributed by atoms with Crippen LogP contribution in [0.2, 0.25) is 0 Å². The highest BCUT2D eigenvalue weighted by Crippen LogP contribution is 2.37. The molecule has 1 amide bonds. The summed E-state index contributed by atoms with van der Waals surface area (Å²) in [4.78, 5) is 46.7. The zero-order valence-corrected chi connectivity index (χ0v) is 23.4. The Labute approximate surface area is 232 Å². The number of esters is 1. The number of benzene rings is 1. The number of thioether (sulfide) groups is 1. The van der Waals surface area contributed by atoms with Crippen molar-refractivity contribution in [1.29, 1.82) is 0 Å². The number of amides is 1. The molecule has 1 N–H and O–H groups in total. The number of rotatable bonds is 9. The van der Waals surface area contributed by atoms with Crippen molar-refractivity contribution in [1.82, 2.24) is 9.55 Å². The van der Waals surface area contributed by atoms with E-state index in [4.69, 9.17) is 9.72 Å². The number of fused-ring (bicyclic) bond motifs is 3. The normalized spacial score (nSPS) is 12.8. The highest BCUT2D eigenvalue weighted by Gasteiger charge is 2.23. The van der Waals surface area contributed by atoms with Crippen molar-refractivity contribution in [2.24, 2.45) is 0 Å². The summed E-state index contributed by atoms with van der Waals surface area (Å²) in [6.45, 7) is 6.09. The van der Waals surface area contributed by atoms with Crippen molar-refractivity contribution in [3.63, 3.8) is 0 Å². The number of carbonyl (C=O) groups excluding carboxylic acids is 2. The molecule has 0 saturated carbocycles. The van der Waals surface area contributed by atoms with E-state index in [0.29, 0.717) is 27.7 Å². The molecule has 0 unspecified atom stereocenters. The molecule has 3 aromatic heterocycles. The molecule has 0 fully saturated rings. The number of hydrogen-bond donors (Lipinski definition) is 1. The molecule has 1 aromatic carbocycles. The van der Waals surface area contributed by atoms with Gasteiger partial charge in [0, 0.05) is 16.3 Å². The Bertz CT molecular complexity index is 1570. The van der Waals surface area contributed by atoms with Gasteiger partial charge in [-0.15, -0.1) is 29.3 Å². The van der Waals surface area contributed by atoms with Gasteiger partial charge in [0.05, 0.1) is 23.3 Å². The van der Waals surface area contributed by atoms with E-state index in [2.05, 4.69) is 11.9 Å². The maximum absolute atomic E-state index is 13.4. The molecule has 10 heteroatoms. The number of hydrogen-bond acceptors (Lipinski definition) is 8. The van der Waals surface area contributed by atoms with Crippen LogP contribution in [0.3, 0.4) is 0 Å². The number of anilines is 1. The predicted octanol–water partition coefficient (Wildman–Crippen LogP) is 6.16. The second-order valence-corrected chi connectivity index (χ2v) is 11.8. The van der Waals surface area contributed by atoms with Gasteiger partial charge in [-0.2, -0.15) is 0 Å². The van der Waals surface area contributed by atoms with E-state index in [0.717, 1.165) is 46.5 Å². The van der Waals surface area contributed by atoms with Crippen molar-refractivity contribution < 1.29 is 14.3 Å². The lowest BCUT2D eigenvalue weighted by molar-refractivity contribution is -0.113. The van der Waals surface area contributed by atoms with E-state index in [9.17, 15) is 14.4 Å². The van der Waals surface area contributed by atoms with Gasteiger partial charge in [0.1, 0.15) is 9.83 Å². The first-order chi connectivity index (χ1) is 18.5. The number of nitrogens with zero attached hydrogens (tertiary/aromatic N) is 2. The van der Waals surface area contributed by atoms with Crippen LogP contribution >= 0.6 is 34.4 Å². The largest absolute Gasteiger partial charge is 0.462 e. The summed E-state index contributed by atoms with van der Waals surface area (Å²) in [6, 6.07) is 11.4. The molecule has 38 heavy (non-hydrogen) atoms. The quantitative estimate of drug-likeness (QED) is 0.113. The average molecular weight is 566 g/mol. The first-order valence-electron chi connectivity index (χ1n) is 12.4. The molecule has 5 rings (SSSR count). The van der Waals surface area contributed by atoms with Crippen molar-refractivity contribution in [3.8, 4) is 10.4 Å². The summed E-state index contributed by atoms with van der Waals surface area (Å²) in [5.74, 6) is -0.754. The van der Waals surface area contributed by atoms with Gasteiger partial charge >= 0.3 is 5.97 Å². The topological polar surface area (TPSA) is 90.3 Å². The molecule has 3 heterocycles. The Hall–Kier alpha value is -3.21. The van der Waals surface area contributed by atoms with Gasteiger partial charge in [-0.1, -0.05) is 48.2 Å². The van der Waals surface area contributed by atoms with Gasteiger partial charge in [0.15, 0.2) is 5.16 Å². The van der Waals surface area contributed by atoms with E-state index < -0.39 is 5.97 Å². The Morgan fingerprint density at radius 1 is 1.21 bits per heavy atom. The van der Waals surface area contributed by atoms with Crippen LogP contribution in [0.4, 0.5) is 5.00 Å². The molecule has 0 radical (unpaired) electrons. The van der Waals surface area contributed by atoms with E-state index in [1.165, 1.54) is 28.0 Å². The smallest absolute Gasteiger partial charge is 0.341 e. The molecule has 0 spiro atoms. The monoisotopic (exact) mass is 565 g/mol. The molecule has 0 aliphatic heterocycles. The number of allylic oxidation sites excluding steroid dienone is 1. The van der Waals surface area contributed by atoms with Crippen molar-refractivity contribution in [2.75, 3.05) is 17.7 Å². The van der Waals surface area contributed by atoms with E-state index >= 15 is 0 Å². The molecular formula is C28H27N3O4S3. The number of aryl methyl sites for hydroxylation is 2. The van der Waals surface area contributed by atoms with Gasteiger partial charge in [-0.3, -0.25) is 14.2 Å². The second-order valence-electron chi connectivity index (χ2n) is 8.77. The molecule has 7 nitrogen and oxygen atoms in total. The van der Waals surface area contributed by atoms with Crippen LogP contribution in [0, 0.1) is 0 Å². The summed E-state index contributed by atoms with van der Waals surface area (Å²) < 4.78 is 6.81. The Morgan fingerprint density at radius 3 is 2.76 bits per heavy atom. The second kappa shape index (κ2) is 11.7. The number of thiophene rings is 2. The predicted molar refractivity (Wildman–Crippen MR) is 156 cm³/mol.